The highest BCUT2D eigenvalue weighted by atomic mass is 35.5. The van der Waals surface area contributed by atoms with E-state index in [9.17, 15) is 0 Å². The van der Waals surface area contributed by atoms with Crippen molar-refractivity contribution in [3.05, 3.63) is 53.6 Å². The lowest BCUT2D eigenvalue weighted by Crippen LogP contribution is -2.03. The molecule has 0 aliphatic rings. The Labute approximate surface area is 116 Å². The van der Waals surface area contributed by atoms with Gasteiger partial charge in [-0.3, -0.25) is 0 Å². The highest BCUT2D eigenvalue weighted by Gasteiger charge is 2.11. The largest absolute Gasteiger partial charge is 0.457 e. The van der Waals surface area contributed by atoms with Crippen LogP contribution in [-0.2, 0) is 0 Å². The molecule has 1 heterocycles. The predicted molar refractivity (Wildman–Crippen MR) is 81.6 cm³/mol. The topological polar surface area (TPSA) is 13.1 Å². The smallest absolute Gasteiger partial charge is 0.136 e. The fraction of sp³-hybridized carbons (Fsp3) is 0. The Morgan fingerprint density at radius 1 is 0.895 bits per heavy atom. The molecule has 3 heteroatoms. The maximum absolute atomic E-state index is 6.03. The van der Waals surface area contributed by atoms with E-state index in [1.807, 2.05) is 30.3 Å². The van der Waals surface area contributed by atoms with Gasteiger partial charge in [-0.05, 0) is 40.5 Å². The first-order valence-corrected chi connectivity index (χ1v) is 6.41. The Morgan fingerprint density at radius 2 is 1.63 bits per heavy atom. The van der Waals surface area contributed by atoms with Crippen LogP contribution in [-0.4, -0.2) is 7.85 Å². The molecule has 0 aliphatic carbocycles. The van der Waals surface area contributed by atoms with E-state index >= 15 is 0 Å². The predicted octanol–water partition coefficient (Wildman–Crippen LogP) is 4.19. The van der Waals surface area contributed by atoms with Crippen LogP contribution in [0.25, 0.3) is 32.7 Å². The normalized spacial score (nSPS) is 11.6. The van der Waals surface area contributed by atoms with Crippen molar-refractivity contribution in [3.63, 3.8) is 0 Å². The first kappa shape index (κ1) is 10.9. The van der Waals surface area contributed by atoms with Crippen LogP contribution < -0.4 is 5.46 Å². The van der Waals surface area contributed by atoms with Gasteiger partial charge in [0.25, 0.3) is 0 Å². The number of fused-ring (bicyclic) bond motifs is 4. The third kappa shape index (κ3) is 1.50. The first-order chi connectivity index (χ1) is 9.24. The molecule has 1 nitrogen and oxygen atoms in total. The van der Waals surface area contributed by atoms with Crippen molar-refractivity contribution in [2.45, 2.75) is 0 Å². The summed E-state index contributed by atoms with van der Waals surface area (Å²) >= 11 is 6.03. The van der Waals surface area contributed by atoms with Gasteiger partial charge in [0.1, 0.15) is 19.0 Å². The van der Waals surface area contributed by atoms with Crippen molar-refractivity contribution in [1.29, 1.82) is 0 Å². The van der Waals surface area contributed by atoms with Crippen molar-refractivity contribution < 1.29 is 4.42 Å². The van der Waals surface area contributed by atoms with Crippen LogP contribution in [0, 0.1) is 0 Å². The number of furan rings is 1. The second kappa shape index (κ2) is 3.78. The molecule has 1 aromatic heterocycles. The van der Waals surface area contributed by atoms with Gasteiger partial charge in [0.15, 0.2) is 0 Å². The molecule has 19 heavy (non-hydrogen) atoms. The zero-order valence-corrected chi connectivity index (χ0v) is 10.7. The Kier molecular flexibility index (Phi) is 2.18. The molecule has 2 radical (unpaired) electrons. The van der Waals surface area contributed by atoms with Crippen LogP contribution >= 0.6 is 11.6 Å². The first-order valence-electron chi connectivity index (χ1n) is 6.03. The lowest BCUT2D eigenvalue weighted by atomic mass is 9.93. The van der Waals surface area contributed by atoms with Gasteiger partial charge in [0.2, 0.25) is 0 Å². The summed E-state index contributed by atoms with van der Waals surface area (Å²) < 4.78 is 5.86. The highest BCUT2D eigenvalue weighted by molar-refractivity contribution is 6.49. The van der Waals surface area contributed by atoms with E-state index < -0.39 is 0 Å². The Morgan fingerprint density at radius 3 is 2.42 bits per heavy atom. The molecule has 0 fully saturated rings. The molecule has 0 bridgehead atoms. The van der Waals surface area contributed by atoms with Crippen molar-refractivity contribution in [2.24, 2.45) is 0 Å². The van der Waals surface area contributed by atoms with Crippen molar-refractivity contribution in [3.8, 4) is 0 Å². The molecule has 3 aromatic carbocycles. The Balaban J connectivity index is 2.25. The van der Waals surface area contributed by atoms with Crippen LogP contribution in [0.5, 0.6) is 0 Å². The number of halogens is 1. The summed E-state index contributed by atoms with van der Waals surface area (Å²) in [4.78, 5) is 0. The molecule has 0 saturated carbocycles. The van der Waals surface area contributed by atoms with Gasteiger partial charge in [0.05, 0.1) is 0 Å². The minimum Gasteiger partial charge on any atom is -0.457 e. The van der Waals surface area contributed by atoms with E-state index in [2.05, 4.69) is 18.2 Å². The molecule has 0 amide bonds. The van der Waals surface area contributed by atoms with E-state index in [0.717, 1.165) is 21.7 Å². The van der Waals surface area contributed by atoms with Crippen molar-refractivity contribution in [2.75, 3.05) is 0 Å². The van der Waals surface area contributed by atoms with Gasteiger partial charge in [-0.2, -0.15) is 0 Å². The molecule has 0 spiro atoms. The fourth-order valence-electron chi connectivity index (χ4n) is 2.52. The average Bonchev–Trinajstić information content (AvgIpc) is 2.79. The second-order valence-electron chi connectivity index (χ2n) is 4.64. The van der Waals surface area contributed by atoms with Crippen LogP contribution in [0.3, 0.4) is 0 Å². The lowest BCUT2D eigenvalue weighted by molar-refractivity contribution is 0.672. The molecule has 4 aromatic rings. The van der Waals surface area contributed by atoms with Crippen molar-refractivity contribution >= 4 is 57.6 Å². The van der Waals surface area contributed by atoms with Gasteiger partial charge in [-0.25, -0.2) is 0 Å². The molecule has 0 saturated heterocycles. The maximum Gasteiger partial charge on any atom is 0.136 e. The summed E-state index contributed by atoms with van der Waals surface area (Å²) in [5, 5.41) is 4.93. The monoisotopic (exact) mass is 262 g/mol. The number of rotatable bonds is 0. The Bertz CT molecular complexity index is 940. The van der Waals surface area contributed by atoms with E-state index in [-0.39, 0.29) is 0 Å². The van der Waals surface area contributed by atoms with Crippen LogP contribution in [0.1, 0.15) is 0 Å². The minimum absolute atomic E-state index is 0.499. The third-order valence-electron chi connectivity index (χ3n) is 3.49. The molecule has 88 valence electrons. The zero-order valence-electron chi connectivity index (χ0n) is 9.98. The fourth-order valence-corrected chi connectivity index (χ4v) is 2.67. The van der Waals surface area contributed by atoms with E-state index in [4.69, 9.17) is 23.9 Å². The van der Waals surface area contributed by atoms with Crippen LogP contribution in [0.2, 0.25) is 5.02 Å². The van der Waals surface area contributed by atoms with Crippen LogP contribution in [0.4, 0.5) is 0 Å². The third-order valence-corrected chi connectivity index (χ3v) is 3.82. The SMILES string of the molecule is [B]c1c(Cl)ccc2c1oc1cc3ccccc3cc12. The summed E-state index contributed by atoms with van der Waals surface area (Å²) in [6.45, 7) is 0. The van der Waals surface area contributed by atoms with Crippen molar-refractivity contribution in [1.82, 2.24) is 0 Å². The molecule has 0 aliphatic heterocycles. The molecular weight excluding hydrogens is 254 g/mol. The zero-order chi connectivity index (χ0) is 13.0. The quantitative estimate of drug-likeness (QED) is 0.433. The van der Waals surface area contributed by atoms with Gasteiger partial charge in [-0.1, -0.05) is 35.9 Å². The number of hydrogen-bond acceptors (Lipinski definition) is 1. The summed E-state index contributed by atoms with van der Waals surface area (Å²) in [5.41, 5.74) is 2.00. The van der Waals surface area contributed by atoms with E-state index in [0.29, 0.717) is 16.1 Å². The summed E-state index contributed by atoms with van der Waals surface area (Å²) in [6, 6.07) is 16.1. The molecule has 4 rings (SSSR count). The standard InChI is InChI=1S/C16H8BClO/c17-15-13(18)6-5-11-12-7-9-3-1-2-4-10(9)8-14(12)19-16(11)15/h1-8H. The van der Waals surface area contributed by atoms with Gasteiger partial charge in [0, 0.05) is 15.8 Å². The minimum atomic E-state index is 0.499. The average molecular weight is 263 g/mol. The second-order valence-corrected chi connectivity index (χ2v) is 5.04. The highest BCUT2D eigenvalue weighted by Crippen LogP contribution is 2.32. The summed E-state index contributed by atoms with van der Waals surface area (Å²) in [5.74, 6) is 0. The van der Waals surface area contributed by atoms with Crippen LogP contribution in [0.15, 0.2) is 52.9 Å². The van der Waals surface area contributed by atoms with Gasteiger partial charge < -0.3 is 4.42 Å². The molecule has 0 unspecified atom stereocenters. The molecular formula is C16H8BClO. The number of hydrogen-bond donors (Lipinski definition) is 0. The van der Waals surface area contributed by atoms with Gasteiger partial charge in [-0.15, -0.1) is 0 Å². The Hall–Kier alpha value is -1.93. The maximum atomic E-state index is 6.03. The summed E-state index contributed by atoms with van der Waals surface area (Å²) in [6.07, 6.45) is 0. The van der Waals surface area contributed by atoms with E-state index in [1.54, 1.807) is 0 Å². The summed E-state index contributed by atoms with van der Waals surface area (Å²) in [7, 11) is 5.98. The van der Waals surface area contributed by atoms with E-state index in [1.165, 1.54) is 5.39 Å². The molecule has 0 N–H and O–H groups in total. The van der Waals surface area contributed by atoms with Gasteiger partial charge >= 0.3 is 0 Å². The number of benzene rings is 3. The molecule has 0 atom stereocenters. The lowest BCUT2D eigenvalue weighted by Gasteiger charge is -1.98.